The second-order valence-electron chi connectivity index (χ2n) is 5.70. The maximum Gasteiger partial charge on any atom is 0.196 e. The molecular formula is C17H16N4OS. The van der Waals surface area contributed by atoms with Crippen molar-refractivity contribution in [3.8, 4) is 11.3 Å². The van der Waals surface area contributed by atoms with Gasteiger partial charge in [0.25, 0.3) is 0 Å². The summed E-state index contributed by atoms with van der Waals surface area (Å²) in [6.45, 7) is 2.59. The maximum atomic E-state index is 5.47. The van der Waals surface area contributed by atoms with Gasteiger partial charge < -0.3 is 9.51 Å². The normalized spacial score (nSPS) is 14.6. The molecule has 116 valence electrons. The predicted octanol–water partition coefficient (Wildman–Crippen LogP) is 3.35. The summed E-state index contributed by atoms with van der Waals surface area (Å²) in [6, 6.07) is 12.0. The molecule has 0 radical (unpaired) electrons. The lowest BCUT2D eigenvalue weighted by Gasteiger charge is -2.27. The number of nitrogens with one attached hydrogen (secondary N) is 1. The van der Waals surface area contributed by atoms with Crippen molar-refractivity contribution in [3.05, 3.63) is 64.3 Å². The van der Waals surface area contributed by atoms with Crippen molar-refractivity contribution in [1.29, 1.82) is 0 Å². The summed E-state index contributed by atoms with van der Waals surface area (Å²) in [5.41, 5.74) is 4.40. The molecule has 0 fully saturated rings. The molecule has 0 unspecified atom stereocenters. The molecule has 1 N–H and O–H groups in total. The Balaban J connectivity index is 1.48. The average molecular weight is 324 g/mol. The quantitative estimate of drug-likeness (QED) is 0.749. The Labute approximate surface area is 139 Å². The van der Waals surface area contributed by atoms with Gasteiger partial charge in [-0.25, -0.2) is 4.98 Å². The summed E-state index contributed by atoms with van der Waals surface area (Å²) >= 11 is 5.08. The molecular weight excluding hydrogens is 308 g/mol. The molecule has 3 heterocycles. The van der Waals surface area contributed by atoms with Crippen LogP contribution >= 0.6 is 12.2 Å². The zero-order valence-corrected chi connectivity index (χ0v) is 13.3. The number of hydrogen-bond acceptors (Lipinski definition) is 5. The first-order valence-corrected chi connectivity index (χ1v) is 7.99. The van der Waals surface area contributed by atoms with Crippen LogP contribution in [-0.4, -0.2) is 26.6 Å². The third kappa shape index (κ3) is 3.09. The van der Waals surface area contributed by atoms with Crippen LogP contribution in [0.15, 0.2) is 47.1 Å². The number of H-pyrrole nitrogens is 1. The Morgan fingerprint density at radius 2 is 2.13 bits per heavy atom. The largest absolute Gasteiger partial charge is 0.356 e. The summed E-state index contributed by atoms with van der Waals surface area (Å²) < 4.78 is 6.03. The van der Waals surface area contributed by atoms with E-state index in [1.807, 2.05) is 42.6 Å². The molecule has 0 atom stereocenters. The van der Waals surface area contributed by atoms with Crippen molar-refractivity contribution in [2.75, 3.05) is 6.54 Å². The molecule has 2 aromatic heterocycles. The van der Waals surface area contributed by atoms with Gasteiger partial charge in [-0.05, 0) is 12.2 Å². The van der Waals surface area contributed by atoms with Gasteiger partial charge in [-0.15, -0.1) is 0 Å². The third-order valence-corrected chi connectivity index (χ3v) is 4.27. The first-order chi connectivity index (χ1) is 11.3. The number of benzene rings is 1. The Morgan fingerprint density at radius 1 is 1.26 bits per heavy atom. The van der Waals surface area contributed by atoms with Crippen molar-refractivity contribution >= 4 is 12.2 Å². The van der Waals surface area contributed by atoms with Gasteiger partial charge in [0.1, 0.15) is 0 Å². The van der Waals surface area contributed by atoms with E-state index in [2.05, 4.69) is 20.0 Å². The lowest BCUT2D eigenvalue weighted by molar-refractivity contribution is 0.235. The molecule has 1 aliphatic heterocycles. The van der Waals surface area contributed by atoms with Crippen LogP contribution in [0.25, 0.3) is 11.3 Å². The molecule has 0 saturated heterocycles. The Morgan fingerprint density at radius 3 is 3.00 bits per heavy atom. The molecule has 0 spiro atoms. The summed E-state index contributed by atoms with van der Waals surface area (Å²) in [5, 5.41) is 4.20. The van der Waals surface area contributed by atoms with E-state index in [4.69, 9.17) is 16.7 Å². The molecule has 0 saturated carbocycles. The van der Waals surface area contributed by atoms with E-state index in [9.17, 15) is 0 Å². The van der Waals surface area contributed by atoms with Gasteiger partial charge >= 0.3 is 0 Å². The number of nitrogens with zero attached hydrogens (tertiary/aromatic N) is 3. The van der Waals surface area contributed by atoms with E-state index in [0.717, 1.165) is 43.1 Å². The zero-order valence-electron chi connectivity index (χ0n) is 12.5. The minimum atomic E-state index is 0.557. The van der Waals surface area contributed by atoms with Crippen molar-refractivity contribution in [3.63, 3.8) is 0 Å². The number of fused-ring (bicyclic) bond motifs is 1. The molecule has 6 heteroatoms. The predicted molar refractivity (Wildman–Crippen MR) is 89.2 cm³/mol. The Bertz CT molecular complexity index is 872. The van der Waals surface area contributed by atoms with E-state index in [0.29, 0.717) is 4.77 Å². The minimum Gasteiger partial charge on any atom is -0.356 e. The fourth-order valence-corrected chi connectivity index (χ4v) is 3.07. The van der Waals surface area contributed by atoms with Crippen LogP contribution in [0.3, 0.4) is 0 Å². The van der Waals surface area contributed by atoms with Crippen LogP contribution in [0.4, 0.5) is 0 Å². The summed E-state index contributed by atoms with van der Waals surface area (Å²) in [6.07, 6.45) is 2.82. The molecule has 1 aliphatic rings. The number of aromatic nitrogens is 3. The average Bonchev–Trinajstić information content (AvgIpc) is 3.04. The van der Waals surface area contributed by atoms with Crippen LogP contribution in [-0.2, 0) is 19.5 Å². The lowest BCUT2D eigenvalue weighted by Crippen LogP contribution is -2.30. The number of aromatic amines is 1. The van der Waals surface area contributed by atoms with Gasteiger partial charge in [0.05, 0.1) is 5.69 Å². The number of hydrogen-bond donors (Lipinski definition) is 1. The first-order valence-electron chi connectivity index (χ1n) is 7.58. The molecule has 0 aliphatic carbocycles. The monoisotopic (exact) mass is 324 g/mol. The highest BCUT2D eigenvalue weighted by Gasteiger charge is 2.18. The van der Waals surface area contributed by atoms with E-state index < -0.39 is 0 Å². The highest BCUT2D eigenvalue weighted by atomic mass is 32.1. The molecule has 3 aromatic rings. The van der Waals surface area contributed by atoms with Crippen LogP contribution in [0, 0.1) is 4.77 Å². The molecule has 23 heavy (non-hydrogen) atoms. The van der Waals surface area contributed by atoms with Crippen LogP contribution in [0.1, 0.15) is 17.0 Å². The molecule has 0 bridgehead atoms. The lowest BCUT2D eigenvalue weighted by atomic mass is 10.1. The van der Waals surface area contributed by atoms with E-state index in [1.165, 1.54) is 11.3 Å². The molecule has 0 amide bonds. The summed E-state index contributed by atoms with van der Waals surface area (Å²) in [5.74, 6) is 0.809. The zero-order chi connectivity index (χ0) is 15.6. The van der Waals surface area contributed by atoms with Gasteiger partial charge in [-0.3, -0.25) is 4.90 Å². The highest BCUT2D eigenvalue weighted by Crippen LogP contribution is 2.22. The second-order valence-corrected chi connectivity index (χ2v) is 6.09. The van der Waals surface area contributed by atoms with Crippen molar-refractivity contribution in [2.24, 2.45) is 0 Å². The van der Waals surface area contributed by atoms with Crippen LogP contribution in [0.5, 0.6) is 0 Å². The third-order valence-electron chi connectivity index (χ3n) is 4.06. The second kappa shape index (κ2) is 6.06. The van der Waals surface area contributed by atoms with Crippen molar-refractivity contribution in [2.45, 2.75) is 19.5 Å². The van der Waals surface area contributed by atoms with Gasteiger partial charge in [0.15, 0.2) is 10.5 Å². The number of rotatable bonds is 3. The SMILES string of the molecule is S=c1ncc2c([nH]1)CCN(Cc1cc(-c3ccccc3)on1)C2. The van der Waals surface area contributed by atoms with Gasteiger partial charge in [-0.1, -0.05) is 35.5 Å². The maximum absolute atomic E-state index is 5.47. The van der Waals surface area contributed by atoms with E-state index in [1.54, 1.807) is 0 Å². The van der Waals surface area contributed by atoms with E-state index in [-0.39, 0.29) is 0 Å². The van der Waals surface area contributed by atoms with Gasteiger partial charge in [-0.2, -0.15) is 0 Å². The standard InChI is InChI=1S/C17H16N4OS/c23-17-18-9-13-10-21(7-6-15(13)19-17)11-14-8-16(22-20-14)12-4-2-1-3-5-12/h1-5,8-9H,6-7,10-11H2,(H,18,19,23). The topological polar surface area (TPSA) is 58.0 Å². The molecule has 5 nitrogen and oxygen atoms in total. The molecule has 4 rings (SSSR count). The van der Waals surface area contributed by atoms with Crippen LogP contribution < -0.4 is 0 Å². The van der Waals surface area contributed by atoms with Gasteiger partial charge in [0.2, 0.25) is 0 Å². The first kappa shape index (κ1) is 14.3. The Hall–Kier alpha value is -2.31. The van der Waals surface area contributed by atoms with Crippen molar-refractivity contribution < 1.29 is 4.52 Å². The smallest absolute Gasteiger partial charge is 0.196 e. The fraction of sp³-hybridized carbons (Fsp3) is 0.235. The highest BCUT2D eigenvalue weighted by molar-refractivity contribution is 7.71. The van der Waals surface area contributed by atoms with E-state index >= 15 is 0 Å². The summed E-state index contributed by atoms with van der Waals surface area (Å²) in [4.78, 5) is 9.70. The fourth-order valence-electron chi connectivity index (χ4n) is 2.89. The van der Waals surface area contributed by atoms with Crippen molar-refractivity contribution in [1.82, 2.24) is 20.0 Å². The Kier molecular flexibility index (Phi) is 3.77. The molecule has 1 aromatic carbocycles. The van der Waals surface area contributed by atoms with Gasteiger partial charge in [0, 0.05) is 55.1 Å². The van der Waals surface area contributed by atoms with Crippen LogP contribution in [0.2, 0.25) is 0 Å². The summed E-state index contributed by atoms with van der Waals surface area (Å²) in [7, 11) is 0. The minimum absolute atomic E-state index is 0.557.